The monoisotopic (exact) mass is 382 g/mol. The molecule has 1 aliphatic heterocycles. The molecule has 3 aromatic rings. The molecule has 7 heteroatoms. The third-order valence-electron chi connectivity index (χ3n) is 4.25. The number of anilines is 2. The van der Waals surface area contributed by atoms with Crippen LogP contribution in [0.2, 0.25) is 0 Å². The van der Waals surface area contributed by atoms with Crippen molar-refractivity contribution in [2.75, 3.05) is 5.32 Å². The summed E-state index contributed by atoms with van der Waals surface area (Å²) < 4.78 is 19.8. The van der Waals surface area contributed by atoms with E-state index in [1.807, 2.05) is 35.7 Å². The van der Waals surface area contributed by atoms with Crippen LogP contribution >= 0.6 is 11.3 Å². The molecular weight excluding hydrogens is 367 g/mol. The van der Waals surface area contributed by atoms with Gasteiger partial charge in [-0.3, -0.25) is 10.1 Å². The molecule has 0 fully saturated rings. The first-order valence-electron chi connectivity index (χ1n) is 8.28. The summed E-state index contributed by atoms with van der Waals surface area (Å²) in [7, 11) is 0. The molecule has 2 heterocycles. The number of hydrogen-bond donors (Lipinski definition) is 1. The van der Waals surface area contributed by atoms with Crippen molar-refractivity contribution in [1.82, 2.24) is 0 Å². The second kappa shape index (κ2) is 7.20. The maximum Gasteiger partial charge on any atom is 0.269 e. The van der Waals surface area contributed by atoms with E-state index in [-0.39, 0.29) is 5.69 Å². The molecule has 0 bridgehead atoms. The molecule has 0 saturated heterocycles. The summed E-state index contributed by atoms with van der Waals surface area (Å²) in [6, 6.07) is 15.5. The minimum Gasteiger partial charge on any atom is -0.456 e. The van der Waals surface area contributed by atoms with Gasteiger partial charge in [0, 0.05) is 40.3 Å². The van der Waals surface area contributed by atoms with E-state index in [1.54, 1.807) is 18.2 Å². The lowest BCUT2D eigenvalue weighted by Gasteiger charge is -2.21. The van der Waals surface area contributed by atoms with Crippen molar-refractivity contribution in [3.8, 4) is 5.75 Å². The highest BCUT2D eigenvalue weighted by Gasteiger charge is 2.23. The van der Waals surface area contributed by atoms with Crippen LogP contribution in [-0.4, -0.2) is 11.3 Å². The van der Waals surface area contributed by atoms with Crippen LogP contribution in [0.1, 0.15) is 10.4 Å². The molecule has 1 aromatic heterocycles. The first-order valence-corrected chi connectivity index (χ1v) is 9.16. The normalized spacial score (nSPS) is 15.4. The van der Waals surface area contributed by atoms with Gasteiger partial charge in [-0.25, -0.2) is 0 Å². The third-order valence-corrected chi connectivity index (χ3v) is 5.17. The molecular formula is C20H15FN2O3S. The quantitative estimate of drug-likeness (QED) is 0.453. The molecule has 1 N–H and O–H groups in total. The molecule has 136 valence electrons. The Kier molecular flexibility index (Phi) is 4.60. The maximum atomic E-state index is 14.4. The summed E-state index contributed by atoms with van der Waals surface area (Å²) in [5.74, 6) is 0.546. The lowest BCUT2D eigenvalue weighted by molar-refractivity contribution is -0.384. The highest BCUT2D eigenvalue weighted by atomic mass is 32.1. The standard InChI is InChI=1S/C20H15FN2O3S/c21-20-14(11-13-3-1-2-4-18(13)26-20)12-19-17(9-10-27-19)22-15-5-7-16(8-6-15)23(24)25/h1-11,20,22H,12H2. The second-order valence-corrected chi connectivity index (χ2v) is 7.05. The number of ether oxygens (including phenoxy) is 1. The van der Waals surface area contributed by atoms with Gasteiger partial charge < -0.3 is 10.1 Å². The van der Waals surface area contributed by atoms with Gasteiger partial charge in [-0.05, 0) is 35.7 Å². The van der Waals surface area contributed by atoms with Crippen molar-refractivity contribution < 1.29 is 14.1 Å². The molecule has 5 nitrogen and oxygen atoms in total. The van der Waals surface area contributed by atoms with Crippen molar-refractivity contribution in [3.63, 3.8) is 0 Å². The molecule has 1 unspecified atom stereocenters. The average molecular weight is 382 g/mol. The first kappa shape index (κ1) is 17.2. The molecule has 27 heavy (non-hydrogen) atoms. The number of hydrogen-bond acceptors (Lipinski definition) is 5. The maximum absolute atomic E-state index is 14.4. The van der Waals surface area contributed by atoms with Gasteiger partial charge in [-0.1, -0.05) is 18.2 Å². The van der Waals surface area contributed by atoms with E-state index in [4.69, 9.17) is 4.74 Å². The molecule has 0 saturated carbocycles. The van der Waals surface area contributed by atoms with Gasteiger partial charge in [0.15, 0.2) is 0 Å². The SMILES string of the molecule is O=[N+]([O-])c1ccc(Nc2ccsc2CC2=Cc3ccccc3OC2F)cc1. The van der Waals surface area contributed by atoms with E-state index in [9.17, 15) is 14.5 Å². The molecule has 0 radical (unpaired) electrons. The number of halogens is 1. The summed E-state index contributed by atoms with van der Waals surface area (Å²) in [6.45, 7) is 0. The lowest BCUT2D eigenvalue weighted by atomic mass is 10.0. The number of nitro benzene ring substituents is 1. The van der Waals surface area contributed by atoms with Gasteiger partial charge in [0.1, 0.15) is 5.75 Å². The van der Waals surface area contributed by atoms with E-state index < -0.39 is 11.3 Å². The molecule has 0 amide bonds. The van der Waals surface area contributed by atoms with Crippen LogP contribution < -0.4 is 10.1 Å². The van der Waals surface area contributed by atoms with Gasteiger partial charge in [0.2, 0.25) is 0 Å². The molecule has 0 spiro atoms. The Morgan fingerprint density at radius 1 is 1.15 bits per heavy atom. The van der Waals surface area contributed by atoms with Gasteiger partial charge in [-0.15, -0.1) is 11.3 Å². The molecule has 2 aromatic carbocycles. The van der Waals surface area contributed by atoms with Crippen LogP contribution in [0.4, 0.5) is 21.5 Å². The number of thiophene rings is 1. The number of nitro groups is 1. The summed E-state index contributed by atoms with van der Waals surface area (Å²) in [5.41, 5.74) is 3.04. The number of benzene rings is 2. The number of para-hydroxylation sites is 1. The zero-order chi connectivity index (χ0) is 18.8. The molecule has 1 aliphatic rings. The Bertz CT molecular complexity index is 1010. The van der Waals surface area contributed by atoms with E-state index in [1.165, 1.54) is 23.5 Å². The zero-order valence-corrected chi connectivity index (χ0v) is 14.9. The van der Waals surface area contributed by atoms with Crippen molar-refractivity contribution in [2.45, 2.75) is 12.8 Å². The molecule has 0 aliphatic carbocycles. The van der Waals surface area contributed by atoms with Gasteiger partial charge in [0.25, 0.3) is 12.0 Å². The van der Waals surface area contributed by atoms with Crippen LogP contribution in [0.5, 0.6) is 5.75 Å². The number of nitrogens with zero attached hydrogens (tertiary/aromatic N) is 1. The van der Waals surface area contributed by atoms with E-state index in [0.29, 0.717) is 17.7 Å². The van der Waals surface area contributed by atoms with E-state index in [0.717, 1.165) is 21.8 Å². The highest BCUT2D eigenvalue weighted by Crippen LogP contribution is 2.35. The van der Waals surface area contributed by atoms with Crippen LogP contribution in [0.25, 0.3) is 6.08 Å². The van der Waals surface area contributed by atoms with Gasteiger partial charge >= 0.3 is 0 Å². The third kappa shape index (κ3) is 3.68. The predicted molar refractivity (Wildman–Crippen MR) is 104 cm³/mol. The minimum absolute atomic E-state index is 0.0366. The highest BCUT2D eigenvalue weighted by molar-refractivity contribution is 7.10. The fourth-order valence-corrected chi connectivity index (χ4v) is 3.75. The number of rotatable bonds is 5. The van der Waals surface area contributed by atoms with Crippen LogP contribution in [0.15, 0.2) is 65.6 Å². The molecule has 4 rings (SSSR count). The summed E-state index contributed by atoms with van der Waals surface area (Å²) in [5, 5.41) is 15.9. The second-order valence-electron chi connectivity index (χ2n) is 6.05. The van der Waals surface area contributed by atoms with Gasteiger partial charge in [-0.2, -0.15) is 4.39 Å². The van der Waals surface area contributed by atoms with Crippen molar-refractivity contribution in [2.24, 2.45) is 0 Å². The summed E-state index contributed by atoms with van der Waals surface area (Å²) in [6.07, 6.45) is 0.774. The number of alkyl halides is 1. The van der Waals surface area contributed by atoms with Crippen LogP contribution in [0, 0.1) is 10.1 Å². The number of non-ortho nitro benzene ring substituents is 1. The number of nitrogens with one attached hydrogen (secondary N) is 1. The lowest BCUT2D eigenvalue weighted by Crippen LogP contribution is -2.18. The summed E-state index contributed by atoms with van der Waals surface area (Å²) in [4.78, 5) is 11.3. The predicted octanol–water partition coefficient (Wildman–Crippen LogP) is 5.71. The fourth-order valence-electron chi connectivity index (χ4n) is 2.89. The Labute approximate surface area is 158 Å². The summed E-state index contributed by atoms with van der Waals surface area (Å²) >= 11 is 1.52. The topological polar surface area (TPSA) is 64.4 Å². The number of fused-ring (bicyclic) bond motifs is 1. The Balaban J connectivity index is 1.54. The van der Waals surface area contributed by atoms with E-state index >= 15 is 0 Å². The Morgan fingerprint density at radius 3 is 2.70 bits per heavy atom. The average Bonchev–Trinajstić information content (AvgIpc) is 3.09. The molecule has 1 atom stereocenters. The Morgan fingerprint density at radius 2 is 1.93 bits per heavy atom. The smallest absolute Gasteiger partial charge is 0.269 e. The fraction of sp³-hybridized carbons (Fsp3) is 0.100. The minimum atomic E-state index is -1.48. The van der Waals surface area contributed by atoms with Crippen LogP contribution in [0.3, 0.4) is 0 Å². The van der Waals surface area contributed by atoms with Crippen LogP contribution in [-0.2, 0) is 6.42 Å². The zero-order valence-electron chi connectivity index (χ0n) is 14.1. The van der Waals surface area contributed by atoms with Crippen molar-refractivity contribution in [3.05, 3.63) is 86.1 Å². The first-order chi connectivity index (χ1) is 13.1. The van der Waals surface area contributed by atoms with E-state index in [2.05, 4.69) is 5.32 Å². The Hall–Kier alpha value is -3.19. The van der Waals surface area contributed by atoms with Crippen molar-refractivity contribution >= 4 is 34.5 Å². The van der Waals surface area contributed by atoms with Gasteiger partial charge in [0.05, 0.1) is 10.6 Å². The largest absolute Gasteiger partial charge is 0.456 e. The van der Waals surface area contributed by atoms with Crippen molar-refractivity contribution in [1.29, 1.82) is 0 Å².